The number of ether oxygens (including phenoxy) is 4. The summed E-state index contributed by atoms with van der Waals surface area (Å²) in [6.45, 7) is 3.48. The van der Waals surface area contributed by atoms with E-state index in [4.69, 9.17) is 18.9 Å². The molecule has 3 aromatic carbocycles. The highest BCUT2D eigenvalue weighted by Crippen LogP contribution is 2.17. The molecule has 3 rings (SSSR count). The molecule has 0 radical (unpaired) electrons. The topological polar surface area (TPSA) is 36.9 Å². The molecule has 0 aliphatic heterocycles. The molecule has 0 aliphatic carbocycles. The summed E-state index contributed by atoms with van der Waals surface area (Å²) in [7, 11) is 1.66. The zero-order valence-electron chi connectivity index (χ0n) is 17.0. The van der Waals surface area contributed by atoms with Gasteiger partial charge in [0.15, 0.2) is 0 Å². The van der Waals surface area contributed by atoms with E-state index in [1.54, 1.807) is 7.11 Å². The normalized spacial score (nSPS) is 12.9. The van der Waals surface area contributed by atoms with E-state index >= 15 is 0 Å². The highest BCUT2D eigenvalue weighted by molar-refractivity contribution is 5.26. The van der Waals surface area contributed by atoms with Gasteiger partial charge in [0.05, 0.1) is 26.9 Å². The minimum atomic E-state index is -0.207. The fourth-order valence-electron chi connectivity index (χ4n) is 2.90. The molecular formula is C25H28O4. The average Bonchev–Trinajstić information content (AvgIpc) is 2.78. The van der Waals surface area contributed by atoms with Crippen LogP contribution >= 0.6 is 0 Å². The average molecular weight is 392 g/mol. The van der Waals surface area contributed by atoms with Crippen molar-refractivity contribution in [2.75, 3.05) is 13.7 Å². The Labute approximate surface area is 173 Å². The second-order valence-electron chi connectivity index (χ2n) is 6.83. The van der Waals surface area contributed by atoms with Crippen LogP contribution in [0, 0.1) is 0 Å². The Morgan fingerprint density at radius 3 is 1.97 bits per heavy atom. The summed E-state index contributed by atoms with van der Waals surface area (Å²) in [5.41, 5.74) is 2.21. The van der Waals surface area contributed by atoms with Crippen LogP contribution in [0.15, 0.2) is 84.9 Å². The van der Waals surface area contributed by atoms with Gasteiger partial charge in [-0.1, -0.05) is 60.7 Å². The first kappa shape index (κ1) is 20.9. The van der Waals surface area contributed by atoms with Crippen molar-refractivity contribution in [3.05, 3.63) is 96.1 Å². The number of methoxy groups -OCH3 is 1. The molecule has 2 atom stereocenters. The van der Waals surface area contributed by atoms with Crippen LogP contribution in [0.5, 0.6) is 11.5 Å². The summed E-state index contributed by atoms with van der Waals surface area (Å²) in [6, 6.07) is 27.8. The maximum absolute atomic E-state index is 6.18. The molecule has 0 fully saturated rings. The van der Waals surface area contributed by atoms with Gasteiger partial charge in [-0.3, -0.25) is 0 Å². The molecule has 0 saturated carbocycles. The SMILES string of the molecule is COc1ccc(COC(COCc2ccccc2)C(C)Oc2ccccc2)cc1. The van der Waals surface area contributed by atoms with Crippen molar-refractivity contribution in [2.24, 2.45) is 0 Å². The van der Waals surface area contributed by atoms with Gasteiger partial charge in [0, 0.05) is 0 Å². The molecular weight excluding hydrogens is 364 g/mol. The van der Waals surface area contributed by atoms with Crippen molar-refractivity contribution in [1.82, 2.24) is 0 Å². The molecule has 152 valence electrons. The lowest BCUT2D eigenvalue weighted by molar-refractivity contribution is -0.0760. The Morgan fingerprint density at radius 2 is 1.31 bits per heavy atom. The van der Waals surface area contributed by atoms with Crippen molar-refractivity contribution in [3.63, 3.8) is 0 Å². The van der Waals surface area contributed by atoms with Crippen molar-refractivity contribution < 1.29 is 18.9 Å². The monoisotopic (exact) mass is 392 g/mol. The number of hydrogen-bond acceptors (Lipinski definition) is 4. The van der Waals surface area contributed by atoms with E-state index in [0.29, 0.717) is 19.8 Å². The first-order chi connectivity index (χ1) is 14.2. The molecule has 4 nitrogen and oxygen atoms in total. The third kappa shape index (κ3) is 6.93. The fourth-order valence-corrected chi connectivity index (χ4v) is 2.90. The molecule has 0 N–H and O–H groups in total. The second kappa shape index (κ2) is 11.2. The van der Waals surface area contributed by atoms with Gasteiger partial charge in [0.1, 0.15) is 23.7 Å². The van der Waals surface area contributed by atoms with E-state index in [-0.39, 0.29) is 12.2 Å². The van der Waals surface area contributed by atoms with E-state index in [9.17, 15) is 0 Å². The van der Waals surface area contributed by atoms with Crippen molar-refractivity contribution in [2.45, 2.75) is 32.3 Å². The molecule has 29 heavy (non-hydrogen) atoms. The van der Waals surface area contributed by atoms with Crippen LogP contribution in [-0.2, 0) is 22.7 Å². The van der Waals surface area contributed by atoms with Gasteiger partial charge < -0.3 is 18.9 Å². The fraction of sp³-hybridized carbons (Fsp3) is 0.280. The highest BCUT2D eigenvalue weighted by atomic mass is 16.6. The van der Waals surface area contributed by atoms with Crippen molar-refractivity contribution in [1.29, 1.82) is 0 Å². The zero-order chi connectivity index (χ0) is 20.3. The number of benzene rings is 3. The lowest BCUT2D eigenvalue weighted by Gasteiger charge is -2.25. The lowest BCUT2D eigenvalue weighted by atomic mass is 10.2. The van der Waals surface area contributed by atoms with Gasteiger partial charge in [-0.25, -0.2) is 0 Å². The Balaban J connectivity index is 1.59. The highest BCUT2D eigenvalue weighted by Gasteiger charge is 2.20. The number of hydrogen-bond donors (Lipinski definition) is 0. The van der Waals surface area contributed by atoms with Gasteiger partial charge >= 0.3 is 0 Å². The van der Waals surface area contributed by atoms with Crippen LogP contribution in [0.3, 0.4) is 0 Å². The van der Waals surface area contributed by atoms with E-state index in [0.717, 1.165) is 22.6 Å². The largest absolute Gasteiger partial charge is 0.497 e. The minimum absolute atomic E-state index is 0.161. The van der Waals surface area contributed by atoms with E-state index in [2.05, 4.69) is 12.1 Å². The summed E-state index contributed by atoms with van der Waals surface area (Å²) in [5.74, 6) is 1.65. The third-order valence-corrected chi connectivity index (χ3v) is 4.61. The van der Waals surface area contributed by atoms with E-state index in [1.807, 2.05) is 79.7 Å². The van der Waals surface area contributed by atoms with Crippen molar-refractivity contribution >= 4 is 0 Å². The van der Waals surface area contributed by atoms with Crippen LogP contribution in [0.4, 0.5) is 0 Å². The lowest BCUT2D eigenvalue weighted by Crippen LogP contribution is -2.35. The first-order valence-electron chi connectivity index (χ1n) is 9.82. The molecule has 4 heteroatoms. The van der Waals surface area contributed by atoms with Crippen LogP contribution in [0.2, 0.25) is 0 Å². The zero-order valence-corrected chi connectivity index (χ0v) is 17.0. The number of para-hydroxylation sites is 1. The molecule has 0 aliphatic rings. The third-order valence-electron chi connectivity index (χ3n) is 4.61. The summed E-state index contributed by atoms with van der Waals surface area (Å²) >= 11 is 0. The first-order valence-corrected chi connectivity index (χ1v) is 9.82. The van der Waals surface area contributed by atoms with Gasteiger partial charge in [0.2, 0.25) is 0 Å². The Bertz CT molecular complexity index is 818. The van der Waals surface area contributed by atoms with Gasteiger partial charge in [-0.2, -0.15) is 0 Å². The summed E-state index contributed by atoms with van der Waals surface area (Å²) in [6.07, 6.45) is -0.368. The maximum Gasteiger partial charge on any atom is 0.124 e. The molecule has 0 aromatic heterocycles. The second-order valence-corrected chi connectivity index (χ2v) is 6.83. The summed E-state index contributed by atoms with van der Waals surface area (Å²) < 4.78 is 23.4. The van der Waals surface area contributed by atoms with Crippen LogP contribution in [0.25, 0.3) is 0 Å². The smallest absolute Gasteiger partial charge is 0.124 e. The molecule has 0 amide bonds. The van der Waals surface area contributed by atoms with Crippen LogP contribution in [-0.4, -0.2) is 25.9 Å². The van der Waals surface area contributed by atoms with E-state index < -0.39 is 0 Å². The maximum atomic E-state index is 6.18. The predicted octanol–water partition coefficient (Wildman–Crippen LogP) is 5.26. The minimum Gasteiger partial charge on any atom is -0.497 e. The quantitative estimate of drug-likeness (QED) is 0.446. The summed E-state index contributed by atoms with van der Waals surface area (Å²) in [4.78, 5) is 0. The Hall–Kier alpha value is -2.82. The standard InChI is InChI=1S/C25H28O4/c1-20(29-24-11-7-4-8-12-24)25(19-27-17-21-9-5-3-6-10-21)28-18-22-13-15-23(26-2)16-14-22/h3-16,20,25H,17-19H2,1-2H3. The van der Waals surface area contributed by atoms with E-state index in [1.165, 1.54) is 0 Å². The molecule has 2 unspecified atom stereocenters. The summed E-state index contributed by atoms with van der Waals surface area (Å²) in [5, 5.41) is 0. The number of rotatable bonds is 11. The van der Waals surface area contributed by atoms with Crippen molar-refractivity contribution in [3.8, 4) is 11.5 Å². The molecule has 0 spiro atoms. The van der Waals surface area contributed by atoms with Crippen LogP contribution in [0.1, 0.15) is 18.1 Å². The van der Waals surface area contributed by atoms with Gasteiger partial charge in [-0.15, -0.1) is 0 Å². The van der Waals surface area contributed by atoms with Gasteiger partial charge in [-0.05, 0) is 42.3 Å². The van der Waals surface area contributed by atoms with Gasteiger partial charge in [0.25, 0.3) is 0 Å². The Morgan fingerprint density at radius 1 is 0.690 bits per heavy atom. The molecule has 0 heterocycles. The molecule has 0 saturated heterocycles. The molecule has 3 aromatic rings. The molecule has 0 bridgehead atoms. The predicted molar refractivity (Wildman–Crippen MR) is 114 cm³/mol. The van der Waals surface area contributed by atoms with Crippen LogP contribution < -0.4 is 9.47 Å². The Kier molecular flexibility index (Phi) is 8.11.